The number of amides is 3. The second-order valence-electron chi connectivity index (χ2n) is 8.30. The Morgan fingerprint density at radius 1 is 1.30 bits per heavy atom. The molecule has 1 atom stereocenters. The van der Waals surface area contributed by atoms with Crippen molar-refractivity contribution in [2.24, 2.45) is 0 Å². The standard InChI is InChI=1S/C23H29N5O5/c1-25-16(12-27-7-9-32-10-8-27)11-15(24)14-33-20-4-2-3-17-18(20)13-28(23(17)31)19-5-6-21(29)26-22(19)30/h2-4,11,19,24-25H,5-10,12-14H2,1H3,(H,26,29,30)/b16-11-,24-15?. The van der Waals surface area contributed by atoms with E-state index >= 15 is 0 Å². The molecule has 1 aromatic carbocycles. The molecule has 0 spiro atoms. The lowest BCUT2D eigenvalue weighted by molar-refractivity contribution is -0.136. The number of nitrogens with one attached hydrogen (secondary N) is 3. The number of benzene rings is 1. The Hall–Kier alpha value is -3.24. The SMILES string of the molecule is CN/C(=C\C(=N)COc1cccc2c1CN(C1CCC(=O)NC1=O)C2=O)CN1CCOCC1. The molecule has 1 unspecified atom stereocenters. The third-order valence-electron chi connectivity index (χ3n) is 6.09. The zero-order valence-corrected chi connectivity index (χ0v) is 18.7. The average Bonchev–Trinajstić information content (AvgIpc) is 3.15. The summed E-state index contributed by atoms with van der Waals surface area (Å²) in [5.74, 6) is -0.483. The van der Waals surface area contributed by atoms with Crippen LogP contribution in [0.2, 0.25) is 0 Å². The number of nitrogens with zero attached hydrogens (tertiary/aromatic N) is 2. The Labute approximate surface area is 192 Å². The lowest BCUT2D eigenvalue weighted by Gasteiger charge is -2.29. The molecule has 2 fully saturated rings. The van der Waals surface area contributed by atoms with Gasteiger partial charge in [0.2, 0.25) is 11.8 Å². The molecule has 2 saturated heterocycles. The number of rotatable bonds is 8. The molecule has 0 saturated carbocycles. The van der Waals surface area contributed by atoms with Gasteiger partial charge in [-0.25, -0.2) is 0 Å². The van der Waals surface area contributed by atoms with Crippen molar-refractivity contribution in [3.8, 4) is 5.75 Å². The summed E-state index contributed by atoms with van der Waals surface area (Å²) >= 11 is 0. The van der Waals surface area contributed by atoms with Crippen molar-refractivity contribution < 1.29 is 23.9 Å². The summed E-state index contributed by atoms with van der Waals surface area (Å²) in [6.07, 6.45) is 2.28. The molecule has 3 amide bonds. The summed E-state index contributed by atoms with van der Waals surface area (Å²) in [7, 11) is 1.83. The Bertz CT molecular complexity index is 985. The first-order chi connectivity index (χ1) is 16.0. The first kappa shape index (κ1) is 22.9. The number of likely N-dealkylation sites (N-methyl/N-ethyl adjacent to an activating group) is 1. The predicted octanol–water partition coefficient (Wildman–Crippen LogP) is 0.282. The summed E-state index contributed by atoms with van der Waals surface area (Å²) in [6.45, 7) is 4.14. The summed E-state index contributed by atoms with van der Waals surface area (Å²) in [5.41, 5.74) is 2.41. The molecule has 4 rings (SSSR count). The molecule has 1 aromatic rings. The van der Waals surface area contributed by atoms with Crippen LogP contribution in [0.3, 0.4) is 0 Å². The van der Waals surface area contributed by atoms with Gasteiger partial charge in [0.25, 0.3) is 5.91 Å². The fraction of sp³-hybridized carbons (Fsp3) is 0.478. The molecule has 10 nitrogen and oxygen atoms in total. The highest BCUT2D eigenvalue weighted by Gasteiger charge is 2.40. The number of ether oxygens (including phenoxy) is 2. The summed E-state index contributed by atoms with van der Waals surface area (Å²) < 4.78 is 11.3. The molecular weight excluding hydrogens is 426 g/mol. The minimum atomic E-state index is -0.671. The van der Waals surface area contributed by atoms with E-state index in [1.54, 1.807) is 24.3 Å². The van der Waals surface area contributed by atoms with Gasteiger partial charge in [-0.2, -0.15) is 0 Å². The number of imide groups is 1. The maximum atomic E-state index is 12.9. The van der Waals surface area contributed by atoms with Crippen LogP contribution >= 0.6 is 0 Å². The molecule has 10 heteroatoms. The van der Waals surface area contributed by atoms with Gasteiger partial charge in [0.1, 0.15) is 18.4 Å². The Morgan fingerprint density at radius 3 is 2.82 bits per heavy atom. The van der Waals surface area contributed by atoms with E-state index in [-0.39, 0.29) is 31.4 Å². The van der Waals surface area contributed by atoms with E-state index in [0.717, 1.165) is 18.8 Å². The van der Waals surface area contributed by atoms with Crippen LogP contribution in [0.4, 0.5) is 0 Å². The van der Waals surface area contributed by atoms with Crippen molar-refractivity contribution in [2.75, 3.05) is 46.5 Å². The number of hydrogen-bond acceptors (Lipinski definition) is 8. The van der Waals surface area contributed by atoms with Gasteiger partial charge in [0, 0.05) is 49.9 Å². The van der Waals surface area contributed by atoms with E-state index in [2.05, 4.69) is 15.5 Å². The van der Waals surface area contributed by atoms with Crippen molar-refractivity contribution in [2.45, 2.75) is 25.4 Å². The topological polar surface area (TPSA) is 124 Å². The second kappa shape index (κ2) is 10.1. The van der Waals surface area contributed by atoms with Crippen molar-refractivity contribution in [3.63, 3.8) is 0 Å². The highest BCUT2D eigenvalue weighted by molar-refractivity contribution is 6.05. The Morgan fingerprint density at radius 2 is 2.09 bits per heavy atom. The zero-order valence-electron chi connectivity index (χ0n) is 18.7. The number of carbonyl (C=O) groups excluding carboxylic acids is 3. The molecule has 3 N–H and O–H groups in total. The molecule has 3 aliphatic rings. The second-order valence-corrected chi connectivity index (χ2v) is 8.30. The van der Waals surface area contributed by atoms with E-state index in [0.29, 0.717) is 48.8 Å². The molecule has 0 aromatic heterocycles. The number of piperidine rings is 1. The maximum Gasteiger partial charge on any atom is 0.255 e. The van der Waals surface area contributed by atoms with E-state index in [1.165, 1.54) is 4.90 Å². The number of morpholine rings is 1. The molecule has 3 heterocycles. The largest absolute Gasteiger partial charge is 0.487 e. The van der Waals surface area contributed by atoms with E-state index in [1.807, 2.05) is 7.05 Å². The summed E-state index contributed by atoms with van der Waals surface area (Å²) in [5, 5.41) is 13.8. The highest BCUT2D eigenvalue weighted by atomic mass is 16.5. The fourth-order valence-corrected chi connectivity index (χ4v) is 4.30. The van der Waals surface area contributed by atoms with Crippen molar-refractivity contribution in [1.82, 2.24) is 20.4 Å². The minimum absolute atomic E-state index is 0.0529. The van der Waals surface area contributed by atoms with Crippen LogP contribution < -0.4 is 15.4 Å². The van der Waals surface area contributed by atoms with Crippen LogP contribution in [-0.2, 0) is 20.9 Å². The lowest BCUT2D eigenvalue weighted by Crippen LogP contribution is -2.52. The van der Waals surface area contributed by atoms with E-state index in [9.17, 15) is 14.4 Å². The van der Waals surface area contributed by atoms with Crippen LogP contribution in [0, 0.1) is 5.41 Å². The monoisotopic (exact) mass is 455 g/mol. The van der Waals surface area contributed by atoms with Crippen LogP contribution in [-0.4, -0.2) is 85.8 Å². The first-order valence-corrected chi connectivity index (χ1v) is 11.1. The molecule has 0 aliphatic carbocycles. The maximum absolute atomic E-state index is 12.9. The highest BCUT2D eigenvalue weighted by Crippen LogP contribution is 2.33. The van der Waals surface area contributed by atoms with Gasteiger partial charge in [-0.15, -0.1) is 0 Å². The number of fused-ring (bicyclic) bond motifs is 1. The van der Waals surface area contributed by atoms with Crippen molar-refractivity contribution >= 4 is 23.4 Å². The molecule has 33 heavy (non-hydrogen) atoms. The van der Waals surface area contributed by atoms with Crippen LogP contribution in [0.5, 0.6) is 5.75 Å². The third-order valence-corrected chi connectivity index (χ3v) is 6.09. The fourth-order valence-electron chi connectivity index (χ4n) is 4.30. The number of hydrogen-bond donors (Lipinski definition) is 3. The first-order valence-electron chi connectivity index (χ1n) is 11.1. The number of carbonyl (C=O) groups is 3. The Kier molecular flexibility index (Phi) is 7.05. The van der Waals surface area contributed by atoms with Gasteiger partial charge < -0.3 is 25.1 Å². The van der Waals surface area contributed by atoms with E-state index < -0.39 is 11.9 Å². The van der Waals surface area contributed by atoms with Gasteiger partial charge in [-0.05, 0) is 24.6 Å². The summed E-state index contributed by atoms with van der Waals surface area (Å²) in [6, 6.07) is 4.54. The predicted molar refractivity (Wildman–Crippen MR) is 120 cm³/mol. The van der Waals surface area contributed by atoms with E-state index in [4.69, 9.17) is 14.9 Å². The van der Waals surface area contributed by atoms with Gasteiger partial charge in [0.15, 0.2) is 0 Å². The van der Waals surface area contributed by atoms with Crippen molar-refractivity contribution in [1.29, 1.82) is 5.41 Å². The summed E-state index contributed by atoms with van der Waals surface area (Å²) in [4.78, 5) is 40.4. The van der Waals surface area contributed by atoms with Gasteiger partial charge in [-0.3, -0.25) is 24.6 Å². The third kappa shape index (κ3) is 5.23. The van der Waals surface area contributed by atoms with Crippen LogP contribution in [0.1, 0.15) is 28.8 Å². The Balaban J connectivity index is 1.39. The molecule has 0 bridgehead atoms. The van der Waals surface area contributed by atoms with Gasteiger partial charge in [-0.1, -0.05) is 6.07 Å². The molecule has 3 aliphatic heterocycles. The molecular formula is C23H29N5O5. The van der Waals surface area contributed by atoms with Crippen LogP contribution in [0.15, 0.2) is 30.0 Å². The van der Waals surface area contributed by atoms with Gasteiger partial charge in [0.05, 0.1) is 25.5 Å². The van der Waals surface area contributed by atoms with Gasteiger partial charge >= 0.3 is 0 Å². The van der Waals surface area contributed by atoms with Crippen LogP contribution in [0.25, 0.3) is 0 Å². The van der Waals surface area contributed by atoms with Crippen molar-refractivity contribution in [3.05, 3.63) is 41.1 Å². The average molecular weight is 456 g/mol. The quantitative estimate of drug-likeness (QED) is 0.380. The smallest absolute Gasteiger partial charge is 0.255 e. The normalized spacial score (nSPS) is 21.6. The zero-order chi connectivity index (χ0) is 23.4. The lowest BCUT2D eigenvalue weighted by atomic mass is 10.0. The molecule has 0 radical (unpaired) electrons. The molecule has 176 valence electrons. The minimum Gasteiger partial charge on any atom is -0.487 e.